The number of unbranched alkanes of at least 4 members (excludes halogenated alkanes) is 2. The summed E-state index contributed by atoms with van der Waals surface area (Å²) in [6, 6.07) is 4.30. The summed E-state index contributed by atoms with van der Waals surface area (Å²) in [5, 5.41) is 0. The molecule has 1 rings (SSSR count). The first-order valence-electron chi connectivity index (χ1n) is 7.63. The molecule has 1 aromatic rings. The van der Waals surface area contributed by atoms with Crippen molar-refractivity contribution in [1.82, 2.24) is 4.98 Å². The van der Waals surface area contributed by atoms with Crippen molar-refractivity contribution < 1.29 is 4.79 Å². The van der Waals surface area contributed by atoms with E-state index in [0.29, 0.717) is 5.78 Å². The number of Topliss-reactive ketones (excluding diaryl/α,β-unsaturated/α-hetero) is 1. The molecular formula is C17H27NO. The number of nitrogens with zero attached hydrogens (tertiary/aromatic N) is 1. The predicted octanol–water partition coefficient (Wildman–Crippen LogP) is 4.36. The normalized spacial score (nSPS) is 12.4. The van der Waals surface area contributed by atoms with Crippen molar-refractivity contribution in [1.29, 1.82) is 0 Å². The lowest BCUT2D eigenvalue weighted by atomic mass is 9.98. The summed E-state index contributed by atoms with van der Waals surface area (Å²) in [6.45, 7) is 6.25. The Morgan fingerprint density at radius 3 is 2.74 bits per heavy atom. The Balaban J connectivity index is 2.18. The molecule has 0 aliphatic heterocycles. The first kappa shape index (κ1) is 15.9. The van der Waals surface area contributed by atoms with E-state index in [1.165, 1.54) is 17.7 Å². The maximum absolute atomic E-state index is 11.7. The van der Waals surface area contributed by atoms with E-state index in [9.17, 15) is 4.79 Å². The van der Waals surface area contributed by atoms with E-state index in [-0.39, 0.29) is 5.92 Å². The second-order valence-corrected chi connectivity index (χ2v) is 5.35. The highest BCUT2D eigenvalue weighted by Gasteiger charge is 2.09. The number of aromatic nitrogens is 1. The number of hydrogen-bond donors (Lipinski definition) is 0. The van der Waals surface area contributed by atoms with Gasteiger partial charge in [-0.15, -0.1) is 0 Å². The van der Waals surface area contributed by atoms with Gasteiger partial charge in [-0.1, -0.05) is 27.2 Å². The molecule has 0 aromatic carbocycles. The van der Waals surface area contributed by atoms with Crippen LogP contribution >= 0.6 is 0 Å². The predicted molar refractivity (Wildman–Crippen MR) is 80.2 cm³/mol. The molecule has 0 N–H and O–H groups in total. The van der Waals surface area contributed by atoms with Crippen molar-refractivity contribution in [3.63, 3.8) is 0 Å². The zero-order chi connectivity index (χ0) is 14.1. The van der Waals surface area contributed by atoms with E-state index in [4.69, 9.17) is 0 Å². The Morgan fingerprint density at radius 2 is 2.05 bits per heavy atom. The van der Waals surface area contributed by atoms with E-state index >= 15 is 0 Å². The molecule has 2 heteroatoms. The standard InChI is InChI=1S/C17H27NO/c1-4-14(3)17(19)10-8-6-7-9-15-11-12-18-16(5-2)13-15/h11-14H,4-10H2,1-3H3. The van der Waals surface area contributed by atoms with Crippen LogP contribution in [0.1, 0.15) is 64.1 Å². The summed E-state index contributed by atoms with van der Waals surface area (Å²) in [5.41, 5.74) is 2.55. The largest absolute Gasteiger partial charge is 0.299 e. The molecule has 0 saturated heterocycles. The van der Waals surface area contributed by atoms with Crippen LogP contribution in [0.3, 0.4) is 0 Å². The summed E-state index contributed by atoms with van der Waals surface area (Å²) in [6.07, 6.45) is 9.08. The number of pyridine rings is 1. The van der Waals surface area contributed by atoms with Gasteiger partial charge in [-0.05, 0) is 49.8 Å². The molecular weight excluding hydrogens is 234 g/mol. The van der Waals surface area contributed by atoms with E-state index in [2.05, 4.69) is 31.0 Å². The maximum Gasteiger partial charge on any atom is 0.135 e. The molecule has 2 nitrogen and oxygen atoms in total. The number of aryl methyl sites for hydroxylation is 2. The molecule has 0 aliphatic carbocycles. The molecule has 0 spiro atoms. The fraction of sp³-hybridized carbons (Fsp3) is 0.647. The molecule has 1 atom stereocenters. The van der Waals surface area contributed by atoms with Gasteiger partial charge in [-0.25, -0.2) is 0 Å². The SMILES string of the molecule is CCc1cc(CCCCCC(=O)C(C)CC)ccn1. The zero-order valence-corrected chi connectivity index (χ0v) is 12.6. The Bertz CT molecular complexity index is 387. The van der Waals surface area contributed by atoms with Gasteiger partial charge >= 0.3 is 0 Å². The maximum atomic E-state index is 11.7. The summed E-state index contributed by atoms with van der Waals surface area (Å²) in [5.74, 6) is 0.673. The van der Waals surface area contributed by atoms with Crippen LogP contribution in [0.25, 0.3) is 0 Å². The van der Waals surface area contributed by atoms with Gasteiger partial charge in [0.1, 0.15) is 5.78 Å². The lowest BCUT2D eigenvalue weighted by Gasteiger charge is -2.07. The van der Waals surface area contributed by atoms with Gasteiger partial charge in [0.05, 0.1) is 0 Å². The van der Waals surface area contributed by atoms with Gasteiger partial charge in [-0.3, -0.25) is 9.78 Å². The third-order valence-corrected chi connectivity index (χ3v) is 3.79. The van der Waals surface area contributed by atoms with E-state index in [1.807, 2.05) is 13.1 Å². The van der Waals surface area contributed by atoms with Gasteiger partial charge in [0.2, 0.25) is 0 Å². The highest BCUT2D eigenvalue weighted by molar-refractivity contribution is 5.80. The van der Waals surface area contributed by atoms with Crippen LogP contribution in [-0.4, -0.2) is 10.8 Å². The molecule has 1 aromatic heterocycles. The second kappa shape index (κ2) is 8.84. The average molecular weight is 261 g/mol. The van der Waals surface area contributed by atoms with Gasteiger partial charge < -0.3 is 0 Å². The van der Waals surface area contributed by atoms with Crippen LogP contribution in [0, 0.1) is 5.92 Å². The average Bonchev–Trinajstić information content (AvgIpc) is 2.46. The second-order valence-electron chi connectivity index (χ2n) is 5.35. The topological polar surface area (TPSA) is 30.0 Å². The number of rotatable bonds is 9. The van der Waals surface area contributed by atoms with Crippen molar-refractivity contribution in [2.24, 2.45) is 5.92 Å². The number of ketones is 1. The summed E-state index contributed by atoms with van der Waals surface area (Å²) in [4.78, 5) is 16.0. The number of hydrogen-bond acceptors (Lipinski definition) is 2. The van der Waals surface area contributed by atoms with Gasteiger partial charge in [0.15, 0.2) is 0 Å². The van der Waals surface area contributed by atoms with E-state index in [1.54, 1.807) is 0 Å². The fourth-order valence-electron chi connectivity index (χ4n) is 2.16. The minimum atomic E-state index is 0.243. The summed E-state index contributed by atoms with van der Waals surface area (Å²) >= 11 is 0. The van der Waals surface area contributed by atoms with Crippen LogP contribution in [-0.2, 0) is 17.6 Å². The molecule has 1 heterocycles. The third-order valence-electron chi connectivity index (χ3n) is 3.79. The Hall–Kier alpha value is -1.18. The van der Waals surface area contributed by atoms with Crippen LogP contribution in [0.5, 0.6) is 0 Å². The fourth-order valence-corrected chi connectivity index (χ4v) is 2.16. The van der Waals surface area contributed by atoms with Crippen molar-refractivity contribution in [3.8, 4) is 0 Å². The van der Waals surface area contributed by atoms with Crippen LogP contribution < -0.4 is 0 Å². The van der Waals surface area contributed by atoms with Crippen molar-refractivity contribution in [3.05, 3.63) is 29.6 Å². The molecule has 0 saturated carbocycles. The Kier molecular flexibility index (Phi) is 7.39. The van der Waals surface area contributed by atoms with E-state index < -0.39 is 0 Å². The molecule has 0 amide bonds. The zero-order valence-electron chi connectivity index (χ0n) is 12.6. The molecule has 0 radical (unpaired) electrons. The Morgan fingerprint density at radius 1 is 1.26 bits per heavy atom. The van der Waals surface area contributed by atoms with Crippen LogP contribution in [0.4, 0.5) is 0 Å². The lowest BCUT2D eigenvalue weighted by molar-refractivity contribution is -0.122. The Labute approximate surface area is 117 Å². The van der Waals surface area contributed by atoms with Gasteiger partial charge in [0.25, 0.3) is 0 Å². The first-order valence-corrected chi connectivity index (χ1v) is 7.63. The molecule has 0 bridgehead atoms. The van der Waals surface area contributed by atoms with E-state index in [0.717, 1.165) is 38.5 Å². The van der Waals surface area contributed by atoms with Crippen molar-refractivity contribution in [2.45, 2.75) is 65.7 Å². The van der Waals surface area contributed by atoms with Crippen LogP contribution in [0.15, 0.2) is 18.3 Å². The van der Waals surface area contributed by atoms with Crippen molar-refractivity contribution in [2.75, 3.05) is 0 Å². The van der Waals surface area contributed by atoms with Gasteiger partial charge in [-0.2, -0.15) is 0 Å². The molecule has 1 unspecified atom stereocenters. The summed E-state index contributed by atoms with van der Waals surface area (Å²) < 4.78 is 0. The molecule has 19 heavy (non-hydrogen) atoms. The molecule has 0 fully saturated rings. The third kappa shape index (κ3) is 6.00. The lowest BCUT2D eigenvalue weighted by Crippen LogP contribution is -2.09. The smallest absolute Gasteiger partial charge is 0.135 e. The monoisotopic (exact) mass is 261 g/mol. The molecule has 106 valence electrons. The number of carbonyl (C=O) groups excluding carboxylic acids is 1. The van der Waals surface area contributed by atoms with Gasteiger partial charge in [0, 0.05) is 24.2 Å². The highest BCUT2D eigenvalue weighted by atomic mass is 16.1. The quantitative estimate of drug-likeness (QED) is 0.618. The highest BCUT2D eigenvalue weighted by Crippen LogP contribution is 2.12. The minimum absolute atomic E-state index is 0.243. The first-order chi connectivity index (χ1) is 9.17. The minimum Gasteiger partial charge on any atom is -0.299 e. The molecule has 0 aliphatic rings. The van der Waals surface area contributed by atoms with Crippen molar-refractivity contribution >= 4 is 5.78 Å². The number of carbonyl (C=O) groups is 1. The summed E-state index contributed by atoms with van der Waals surface area (Å²) in [7, 11) is 0. The van der Waals surface area contributed by atoms with Crippen LogP contribution in [0.2, 0.25) is 0 Å².